The molecule has 3 N–H and O–H groups in total. The summed E-state index contributed by atoms with van der Waals surface area (Å²) in [7, 11) is 1.49. The molecule has 170 valence electrons. The number of carbonyl (C=O) groups excluding carboxylic acids is 3. The van der Waals surface area contributed by atoms with E-state index in [1.165, 1.54) is 13.4 Å². The van der Waals surface area contributed by atoms with Crippen LogP contribution in [-0.2, 0) is 0 Å². The second kappa shape index (κ2) is 10.1. The smallest absolute Gasteiger partial charge is 0.276 e. The van der Waals surface area contributed by atoms with E-state index >= 15 is 0 Å². The molecule has 8 nitrogen and oxygen atoms in total. The van der Waals surface area contributed by atoms with Crippen molar-refractivity contribution in [3.63, 3.8) is 0 Å². The summed E-state index contributed by atoms with van der Waals surface area (Å²) < 4.78 is 5.93. The largest absolute Gasteiger partial charge is 0.495 e. The van der Waals surface area contributed by atoms with Crippen LogP contribution < -0.4 is 15.4 Å². The highest BCUT2D eigenvalue weighted by atomic mass is 79.9. The lowest BCUT2D eigenvalue weighted by molar-refractivity contribution is 0.0985. The first-order valence-corrected chi connectivity index (χ1v) is 11.0. The summed E-state index contributed by atoms with van der Waals surface area (Å²) in [4.78, 5) is 45.7. The second-order valence-electron chi connectivity index (χ2n) is 7.12. The standard InChI is InChI=1S/C25H19BrN4O4/c1-34-20-10-6-5-9-19(20)30-25(33)22-21(27-14-28-22)24(32)29-18-12-11-16(26)13-17(18)23(31)15-7-3-2-4-8-15/h2-14H,1H3,(H,27,28)(H,29,32)(H,30,33). The van der Waals surface area contributed by atoms with Crippen molar-refractivity contribution in [3.05, 3.63) is 106 Å². The van der Waals surface area contributed by atoms with E-state index < -0.39 is 11.8 Å². The molecular formula is C25H19BrN4O4. The number of rotatable bonds is 7. The van der Waals surface area contributed by atoms with E-state index in [9.17, 15) is 14.4 Å². The number of ketones is 1. The van der Waals surface area contributed by atoms with Crippen molar-refractivity contribution in [3.8, 4) is 5.75 Å². The maximum absolute atomic E-state index is 13.1. The van der Waals surface area contributed by atoms with Crippen LogP contribution in [0.25, 0.3) is 0 Å². The average Bonchev–Trinajstić information content (AvgIpc) is 3.36. The summed E-state index contributed by atoms with van der Waals surface area (Å²) in [6.07, 6.45) is 1.25. The van der Waals surface area contributed by atoms with Crippen LogP contribution in [0.15, 0.2) is 83.6 Å². The molecule has 0 saturated carbocycles. The van der Waals surface area contributed by atoms with Crippen molar-refractivity contribution in [2.45, 2.75) is 0 Å². The number of para-hydroxylation sites is 2. The number of H-pyrrole nitrogens is 1. The summed E-state index contributed by atoms with van der Waals surface area (Å²) in [5, 5.41) is 5.41. The zero-order valence-corrected chi connectivity index (χ0v) is 19.5. The van der Waals surface area contributed by atoms with E-state index in [0.717, 1.165) is 0 Å². The SMILES string of the molecule is COc1ccccc1NC(=O)c1nc[nH]c1C(=O)Nc1ccc(Br)cc1C(=O)c1ccccc1. The molecule has 0 aliphatic heterocycles. The molecular weight excluding hydrogens is 500 g/mol. The van der Waals surface area contributed by atoms with Crippen molar-refractivity contribution in [2.75, 3.05) is 17.7 Å². The normalized spacial score (nSPS) is 10.4. The topological polar surface area (TPSA) is 113 Å². The quantitative estimate of drug-likeness (QED) is 0.300. The lowest BCUT2D eigenvalue weighted by Gasteiger charge is -2.12. The van der Waals surface area contributed by atoms with Gasteiger partial charge in [0.25, 0.3) is 11.8 Å². The highest BCUT2D eigenvalue weighted by Crippen LogP contribution is 2.26. The third-order valence-electron chi connectivity index (χ3n) is 4.95. The van der Waals surface area contributed by atoms with Gasteiger partial charge in [-0.3, -0.25) is 14.4 Å². The Labute approximate surface area is 203 Å². The monoisotopic (exact) mass is 518 g/mol. The van der Waals surface area contributed by atoms with E-state index in [0.29, 0.717) is 32.7 Å². The number of amides is 2. The molecule has 4 aromatic rings. The molecule has 2 amide bonds. The third kappa shape index (κ3) is 4.89. The number of benzene rings is 3. The molecule has 0 bridgehead atoms. The van der Waals surface area contributed by atoms with Gasteiger partial charge in [0.15, 0.2) is 11.5 Å². The Kier molecular flexibility index (Phi) is 6.84. The molecule has 4 rings (SSSR count). The molecule has 0 aliphatic carbocycles. The number of anilines is 2. The molecule has 0 spiro atoms. The maximum Gasteiger partial charge on any atom is 0.276 e. The molecule has 0 fully saturated rings. The van der Waals surface area contributed by atoms with Crippen molar-refractivity contribution in [2.24, 2.45) is 0 Å². The maximum atomic E-state index is 13.1. The van der Waals surface area contributed by atoms with Gasteiger partial charge in [0.1, 0.15) is 11.4 Å². The molecule has 3 aromatic carbocycles. The summed E-state index contributed by atoms with van der Waals surface area (Å²) in [6.45, 7) is 0. The Bertz CT molecular complexity index is 1370. The molecule has 0 radical (unpaired) electrons. The fraction of sp³-hybridized carbons (Fsp3) is 0.0400. The number of hydrogen-bond donors (Lipinski definition) is 3. The van der Waals surface area contributed by atoms with Crippen molar-refractivity contribution in [1.29, 1.82) is 0 Å². The van der Waals surface area contributed by atoms with Crippen LogP contribution in [0.5, 0.6) is 5.75 Å². The zero-order valence-electron chi connectivity index (χ0n) is 18.0. The first kappa shape index (κ1) is 22.9. The number of methoxy groups -OCH3 is 1. The number of hydrogen-bond acceptors (Lipinski definition) is 5. The molecule has 0 aliphatic rings. The molecule has 9 heteroatoms. The second-order valence-corrected chi connectivity index (χ2v) is 8.04. The molecule has 1 aromatic heterocycles. The van der Waals surface area contributed by atoms with Crippen molar-refractivity contribution >= 4 is 44.9 Å². The van der Waals surface area contributed by atoms with E-state index in [-0.39, 0.29) is 17.2 Å². The van der Waals surface area contributed by atoms with Crippen LogP contribution in [0, 0.1) is 0 Å². The highest BCUT2D eigenvalue weighted by molar-refractivity contribution is 9.10. The van der Waals surface area contributed by atoms with Gasteiger partial charge >= 0.3 is 0 Å². The van der Waals surface area contributed by atoms with Crippen LogP contribution in [0.2, 0.25) is 0 Å². The number of halogens is 1. The number of ether oxygens (including phenoxy) is 1. The van der Waals surface area contributed by atoms with E-state index in [1.807, 2.05) is 6.07 Å². The number of nitrogens with one attached hydrogen (secondary N) is 3. The van der Waals surface area contributed by atoms with Crippen molar-refractivity contribution < 1.29 is 19.1 Å². The van der Waals surface area contributed by atoms with Gasteiger partial charge in [-0.25, -0.2) is 4.98 Å². The summed E-state index contributed by atoms with van der Waals surface area (Å²) in [6, 6.07) is 20.6. The van der Waals surface area contributed by atoms with Crippen molar-refractivity contribution in [1.82, 2.24) is 9.97 Å². The fourth-order valence-corrected chi connectivity index (χ4v) is 3.67. The Morgan fingerprint density at radius 3 is 2.35 bits per heavy atom. The van der Waals surface area contributed by atoms with Gasteiger partial charge in [-0.2, -0.15) is 0 Å². The highest BCUT2D eigenvalue weighted by Gasteiger charge is 2.23. The molecule has 0 saturated heterocycles. The number of aromatic nitrogens is 2. The number of nitrogens with zero attached hydrogens (tertiary/aromatic N) is 1. The summed E-state index contributed by atoms with van der Waals surface area (Å²) in [5.74, 6) is -0.994. The van der Waals surface area contributed by atoms with Gasteiger partial charge in [0.2, 0.25) is 0 Å². The van der Waals surface area contributed by atoms with Gasteiger partial charge in [0, 0.05) is 15.6 Å². The Hall–Kier alpha value is -4.24. The Morgan fingerprint density at radius 1 is 0.882 bits per heavy atom. The van der Waals surface area contributed by atoms with Crippen LogP contribution >= 0.6 is 15.9 Å². The van der Waals surface area contributed by atoms with Crippen LogP contribution in [0.1, 0.15) is 36.9 Å². The first-order valence-electron chi connectivity index (χ1n) is 10.2. The summed E-state index contributed by atoms with van der Waals surface area (Å²) in [5.41, 5.74) is 1.37. The van der Waals surface area contributed by atoms with Crippen LogP contribution in [-0.4, -0.2) is 34.7 Å². The number of aromatic amines is 1. The van der Waals surface area contributed by atoms with Gasteiger partial charge in [-0.15, -0.1) is 0 Å². The van der Waals surface area contributed by atoms with Gasteiger partial charge < -0.3 is 20.4 Å². The predicted molar refractivity (Wildman–Crippen MR) is 132 cm³/mol. The fourth-order valence-electron chi connectivity index (χ4n) is 3.31. The minimum absolute atomic E-state index is 0.0478. The summed E-state index contributed by atoms with van der Waals surface area (Å²) >= 11 is 3.37. The Morgan fingerprint density at radius 2 is 1.59 bits per heavy atom. The van der Waals surface area contributed by atoms with Crippen LogP contribution in [0.4, 0.5) is 11.4 Å². The van der Waals surface area contributed by atoms with E-state index in [2.05, 4.69) is 36.5 Å². The molecule has 34 heavy (non-hydrogen) atoms. The number of imidazole rings is 1. The van der Waals surface area contributed by atoms with E-state index in [1.54, 1.807) is 66.7 Å². The van der Waals surface area contributed by atoms with Gasteiger partial charge in [-0.05, 0) is 30.3 Å². The minimum Gasteiger partial charge on any atom is -0.495 e. The van der Waals surface area contributed by atoms with Crippen LogP contribution in [0.3, 0.4) is 0 Å². The molecule has 0 atom stereocenters. The lowest BCUT2D eigenvalue weighted by atomic mass is 10.0. The average molecular weight is 519 g/mol. The first-order chi connectivity index (χ1) is 16.5. The minimum atomic E-state index is -0.618. The van der Waals surface area contributed by atoms with Gasteiger partial charge in [0.05, 0.1) is 24.8 Å². The third-order valence-corrected chi connectivity index (χ3v) is 5.44. The lowest BCUT2D eigenvalue weighted by Crippen LogP contribution is -2.21. The van der Waals surface area contributed by atoms with Gasteiger partial charge in [-0.1, -0.05) is 58.4 Å². The molecule has 0 unspecified atom stereocenters. The molecule has 1 heterocycles. The number of carbonyl (C=O) groups is 3. The predicted octanol–water partition coefficient (Wildman–Crippen LogP) is 4.92. The zero-order chi connectivity index (χ0) is 24.1. The Balaban J connectivity index is 1.59. The van der Waals surface area contributed by atoms with E-state index in [4.69, 9.17) is 4.74 Å².